The molecule has 1 unspecified atom stereocenters. The summed E-state index contributed by atoms with van der Waals surface area (Å²) in [6, 6.07) is 0. The van der Waals surface area contributed by atoms with Crippen LogP contribution in [0, 0.1) is 0 Å². The van der Waals surface area contributed by atoms with Gasteiger partial charge in [0.05, 0.1) is 6.61 Å². The lowest BCUT2D eigenvalue weighted by Gasteiger charge is -2.09. The van der Waals surface area contributed by atoms with E-state index in [1.54, 1.807) is 0 Å². The molecule has 0 spiro atoms. The molecule has 0 aromatic carbocycles. The normalized spacial score (nSPS) is 48.0. The number of hydrogen-bond donors (Lipinski definition) is 4. The third kappa shape index (κ3) is 1.14. The van der Waals surface area contributed by atoms with E-state index in [2.05, 4.69) is 0 Å². The molecule has 1 rings (SSSR count). The van der Waals surface area contributed by atoms with E-state index in [1.165, 1.54) is 0 Å². The summed E-state index contributed by atoms with van der Waals surface area (Å²) < 4.78 is 4.76. The first kappa shape index (κ1) is 7.90. The Hall–Kier alpha value is -0.200. The van der Waals surface area contributed by atoms with Crippen LogP contribution in [0.1, 0.15) is 0 Å². The SMILES string of the molecule is NC1O[C@H](CO)[C@H](O)[C@@H]1O. The van der Waals surface area contributed by atoms with Crippen molar-refractivity contribution in [1.82, 2.24) is 0 Å². The molecular weight excluding hydrogens is 138 g/mol. The van der Waals surface area contributed by atoms with Crippen LogP contribution in [-0.2, 0) is 4.74 Å². The van der Waals surface area contributed by atoms with Gasteiger partial charge in [0.15, 0.2) is 0 Å². The minimum absolute atomic E-state index is 0.327. The maximum atomic E-state index is 9.01. The first-order chi connectivity index (χ1) is 4.66. The molecule has 1 aliphatic heterocycles. The molecule has 10 heavy (non-hydrogen) atoms. The van der Waals surface area contributed by atoms with Crippen LogP contribution >= 0.6 is 0 Å². The summed E-state index contributed by atoms with van der Waals surface area (Å²) in [5, 5.41) is 26.5. The van der Waals surface area contributed by atoms with Crippen molar-refractivity contribution in [3.05, 3.63) is 0 Å². The second-order valence-corrected chi connectivity index (χ2v) is 2.30. The van der Waals surface area contributed by atoms with Crippen LogP contribution in [0.5, 0.6) is 0 Å². The summed E-state index contributed by atoms with van der Waals surface area (Å²) in [6.45, 7) is -0.327. The summed E-state index contributed by atoms with van der Waals surface area (Å²) in [4.78, 5) is 0. The van der Waals surface area contributed by atoms with Gasteiger partial charge in [-0.1, -0.05) is 0 Å². The van der Waals surface area contributed by atoms with Crippen molar-refractivity contribution >= 4 is 0 Å². The van der Waals surface area contributed by atoms with Gasteiger partial charge in [-0.25, -0.2) is 0 Å². The predicted molar refractivity (Wildman–Crippen MR) is 31.9 cm³/mol. The van der Waals surface area contributed by atoms with Crippen LogP contribution in [0.15, 0.2) is 0 Å². The smallest absolute Gasteiger partial charge is 0.135 e. The molecule has 0 amide bonds. The van der Waals surface area contributed by atoms with E-state index in [1.807, 2.05) is 0 Å². The zero-order valence-electron chi connectivity index (χ0n) is 5.34. The highest BCUT2D eigenvalue weighted by Gasteiger charge is 2.39. The second kappa shape index (κ2) is 2.81. The van der Waals surface area contributed by atoms with Gasteiger partial charge in [-0.2, -0.15) is 0 Å². The lowest BCUT2D eigenvalue weighted by molar-refractivity contribution is -0.0200. The molecule has 0 bridgehead atoms. The zero-order chi connectivity index (χ0) is 7.72. The molecule has 4 atom stereocenters. The molecule has 0 aliphatic carbocycles. The quantitative estimate of drug-likeness (QED) is 0.327. The fraction of sp³-hybridized carbons (Fsp3) is 1.00. The third-order valence-corrected chi connectivity index (χ3v) is 1.58. The molecule has 60 valence electrons. The van der Waals surface area contributed by atoms with Crippen LogP contribution in [-0.4, -0.2) is 46.5 Å². The Labute approximate surface area is 58.0 Å². The van der Waals surface area contributed by atoms with E-state index in [-0.39, 0.29) is 6.61 Å². The summed E-state index contributed by atoms with van der Waals surface area (Å²) in [5.74, 6) is 0. The predicted octanol–water partition coefficient (Wildman–Crippen LogP) is -2.62. The number of aliphatic hydroxyl groups excluding tert-OH is 3. The molecule has 5 nitrogen and oxygen atoms in total. The first-order valence-corrected chi connectivity index (χ1v) is 3.05. The minimum atomic E-state index is -1.09. The highest BCUT2D eigenvalue weighted by Crippen LogP contribution is 2.16. The molecule has 0 saturated carbocycles. The van der Waals surface area contributed by atoms with Crippen molar-refractivity contribution in [1.29, 1.82) is 0 Å². The maximum absolute atomic E-state index is 9.01. The summed E-state index contributed by atoms with van der Waals surface area (Å²) >= 11 is 0. The average molecular weight is 149 g/mol. The van der Waals surface area contributed by atoms with E-state index in [0.29, 0.717) is 0 Å². The largest absolute Gasteiger partial charge is 0.394 e. The Bertz CT molecular complexity index is 120. The van der Waals surface area contributed by atoms with E-state index in [9.17, 15) is 0 Å². The van der Waals surface area contributed by atoms with Gasteiger partial charge in [0.2, 0.25) is 0 Å². The fourth-order valence-corrected chi connectivity index (χ4v) is 0.928. The van der Waals surface area contributed by atoms with Gasteiger partial charge >= 0.3 is 0 Å². The Morgan fingerprint density at radius 2 is 1.90 bits per heavy atom. The summed E-state index contributed by atoms with van der Waals surface area (Å²) in [5.41, 5.74) is 5.19. The van der Waals surface area contributed by atoms with Crippen molar-refractivity contribution in [2.24, 2.45) is 5.73 Å². The Balaban J connectivity index is 2.53. The van der Waals surface area contributed by atoms with Crippen LogP contribution in [0.4, 0.5) is 0 Å². The van der Waals surface area contributed by atoms with E-state index in [0.717, 1.165) is 0 Å². The van der Waals surface area contributed by atoms with Gasteiger partial charge in [-0.15, -0.1) is 0 Å². The van der Waals surface area contributed by atoms with E-state index >= 15 is 0 Å². The molecule has 0 aromatic heterocycles. The van der Waals surface area contributed by atoms with Gasteiger partial charge in [-0.3, -0.25) is 0 Å². The molecule has 1 heterocycles. The third-order valence-electron chi connectivity index (χ3n) is 1.58. The number of hydrogen-bond acceptors (Lipinski definition) is 5. The lowest BCUT2D eigenvalue weighted by atomic mass is 10.1. The van der Waals surface area contributed by atoms with Gasteiger partial charge in [-0.05, 0) is 0 Å². The van der Waals surface area contributed by atoms with Gasteiger partial charge < -0.3 is 25.8 Å². The number of ether oxygens (including phenoxy) is 1. The fourth-order valence-electron chi connectivity index (χ4n) is 0.928. The van der Waals surface area contributed by atoms with Crippen molar-refractivity contribution in [2.75, 3.05) is 6.61 Å². The Kier molecular flexibility index (Phi) is 2.22. The van der Waals surface area contributed by atoms with Gasteiger partial charge in [0, 0.05) is 0 Å². The highest BCUT2D eigenvalue weighted by atomic mass is 16.6. The standard InChI is InChI=1S/C5H11NO4/c6-5-4(9)3(8)2(1-7)10-5/h2-5,7-9H,1,6H2/t2-,3+,4+,5?/m1/s1. The van der Waals surface area contributed by atoms with Gasteiger partial charge in [0.1, 0.15) is 24.5 Å². The Morgan fingerprint density at radius 3 is 2.10 bits per heavy atom. The van der Waals surface area contributed by atoms with Crippen LogP contribution in [0.2, 0.25) is 0 Å². The van der Waals surface area contributed by atoms with Gasteiger partial charge in [0.25, 0.3) is 0 Å². The minimum Gasteiger partial charge on any atom is -0.394 e. The molecular formula is C5H11NO4. The van der Waals surface area contributed by atoms with E-state index in [4.69, 9.17) is 25.8 Å². The molecule has 1 fully saturated rings. The van der Waals surface area contributed by atoms with Crippen molar-refractivity contribution in [2.45, 2.75) is 24.5 Å². The van der Waals surface area contributed by atoms with Crippen LogP contribution in [0.3, 0.4) is 0 Å². The second-order valence-electron chi connectivity index (χ2n) is 2.30. The molecule has 1 aliphatic rings. The monoisotopic (exact) mass is 149 g/mol. The molecule has 0 radical (unpaired) electrons. The number of nitrogens with two attached hydrogens (primary N) is 1. The topological polar surface area (TPSA) is 95.9 Å². The summed E-state index contributed by atoms with van der Waals surface area (Å²) in [7, 11) is 0. The average Bonchev–Trinajstić information content (AvgIpc) is 2.17. The zero-order valence-corrected chi connectivity index (χ0v) is 5.34. The van der Waals surface area contributed by atoms with Crippen molar-refractivity contribution in [3.8, 4) is 0 Å². The molecule has 5 heteroatoms. The molecule has 0 aromatic rings. The van der Waals surface area contributed by atoms with Crippen molar-refractivity contribution in [3.63, 3.8) is 0 Å². The Morgan fingerprint density at radius 1 is 1.30 bits per heavy atom. The van der Waals surface area contributed by atoms with Crippen LogP contribution < -0.4 is 5.73 Å². The van der Waals surface area contributed by atoms with Crippen molar-refractivity contribution < 1.29 is 20.1 Å². The maximum Gasteiger partial charge on any atom is 0.135 e. The van der Waals surface area contributed by atoms with Crippen LogP contribution in [0.25, 0.3) is 0 Å². The summed E-state index contributed by atoms with van der Waals surface area (Å²) in [6.07, 6.45) is -3.78. The number of rotatable bonds is 1. The number of aliphatic hydroxyl groups is 3. The molecule has 1 saturated heterocycles. The highest BCUT2D eigenvalue weighted by molar-refractivity contribution is 4.86. The molecule has 5 N–H and O–H groups in total. The van der Waals surface area contributed by atoms with E-state index < -0.39 is 24.5 Å². The lowest BCUT2D eigenvalue weighted by Crippen LogP contribution is -2.37. The first-order valence-electron chi connectivity index (χ1n) is 3.05.